The first-order chi connectivity index (χ1) is 11.0. The molecule has 2 aromatic rings. The number of hydrogen-bond donors (Lipinski definition) is 2. The molecule has 8 heteroatoms. The van der Waals surface area contributed by atoms with Gasteiger partial charge in [0.15, 0.2) is 5.11 Å². The number of nitrogens with zero attached hydrogens (tertiary/aromatic N) is 1. The van der Waals surface area contributed by atoms with Gasteiger partial charge >= 0.3 is 5.97 Å². The minimum Gasteiger partial charge on any atom is -0.422 e. The third kappa shape index (κ3) is 5.02. The van der Waals surface area contributed by atoms with Crippen LogP contribution in [0.3, 0.4) is 0 Å². The number of ether oxygens (including phenoxy) is 1. The van der Waals surface area contributed by atoms with Gasteiger partial charge in [-0.15, -0.1) is 0 Å². The maximum Gasteiger partial charge on any atom is 0.345 e. The van der Waals surface area contributed by atoms with Crippen molar-refractivity contribution in [3.05, 3.63) is 63.1 Å². The van der Waals surface area contributed by atoms with Crippen molar-refractivity contribution < 1.29 is 9.53 Å². The summed E-state index contributed by atoms with van der Waals surface area (Å²) in [5.74, 6) is -0.235. The quantitative estimate of drug-likeness (QED) is 0.264. The van der Waals surface area contributed by atoms with Gasteiger partial charge in [0.05, 0.1) is 16.8 Å². The van der Waals surface area contributed by atoms with Gasteiger partial charge in [0, 0.05) is 10.0 Å². The number of nitrogens with one attached hydrogen (secondary N) is 1. The molecule has 2 rings (SSSR count). The van der Waals surface area contributed by atoms with E-state index in [0.717, 1.165) is 4.47 Å². The van der Waals surface area contributed by atoms with Crippen LogP contribution in [0.4, 0.5) is 0 Å². The Morgan fingerprint density at radius 1 is 1.35 bits per heavy atom. The fourth-order valence-corrected chi connectivity index (χ4v) is 2.30. The summed E-state index contributed by atoms with van der Waals surface area (Å²) in [4.78, 5) is 12.2. The molecule has 0 atom stereocenters. The predicted molar refractivity (Wildman–Crippen MR) is 98.1 cm³/mol. The van der Waals surface area contributed by atoms with Crippen molar-refractivity contribution in [1.82, 2.24) is 5.43 Å². The highest BCUT2D eigenvalue weighted by atomic mass is 79.9. The Kier molecular flexibility index (Phi) is 6.09. The summed E-state index contributed by atoms with van der Waals surface area (Å²) in [6.07, 6.45) is 1.44. The van der Waals surface area contributed by atoms with E-state index in [9.17, 15) is 4.79 Å². The number of esters is 1. The molecular weight excluding hydrogens is 402 g/mol. The second-order valence-corrected chi connectivity index (χ2v) is 6.05. The first kappa shape index (κ1) is 17.4. The molecule has 0 aliphatic carbocycles. The highest BCUT2D eigenvalue weighted by Gasteiger charge is 2.14. The van der Waals surface area contributed by atoms with Gasteiger partial charge in [-0.2, -0.15) is 5.10 Å². The number of thiocarbonyl (C=S) groups is 1. The molecule has 0 radical (unpaired) electrons. The number of benzene rings is 2. The molecule has 0 spiro atoms. The van der Waals surface area contributed by atoms with Gasteiger partial charge in [-0.1, -0.05) is 39.7 Å². The Labute approximate surface area is 151 Å². The summed E-state index contributed by atoms with van der Waals surface area (Å²) in [5.41, 5.74) is 8.57. The molecule has 0 unspecified atom stereocenters. The van der Waals surface area contributed by atoms with Crippen molar-refractivity contribution in [1.29, 1.82) is 0 Å². The number of carbonyl (C=O) groups excluding carboxylic acids is 1. The van der Waals surface area contributed by atoms with Gasteiger partial charge in [-0.25, -0.2) is 4.79 Å². The van der Waals surface area contributed by atoms with Crippen LogP contribution in [0.2, 0.25) is 5.02 Å². The van der Waals surface area contributed by atoms with E-state index in [1.54, 1.807) is 42.5 Å². The smallest absolute Gasteiger partial charge is 0.345 e. The van der Waals surface area contributed by atoms with Crippen LogP contribution in [0, 0.1) is 0 Å². The number of carbonyl (C=O) groups is 1. The highest BCUT2D eigenvalue weighted by molar-refractivity contribution is 9.10. The van der Waals surface area contributed by atoms with Crippen LogP contribution < -0.4 is 15.9 Å². The largest absolute Gasteiger partial charge is 0.422 e. The van der Waals surface area contributed by atoms with Crippen LogP contribution in [0.1, 0.15) is 15.9 Å². The molecule has 5 nitrogen and oxygen atoms in total. The van der Waals surface area contributed by atoms with Crippen molar-refractivity contribution in [3.63, 3.8) is 0 Å². The van der Waals surface area contributed by atoms with Crippen LogP contribution in [-0.2, 0) is 0 Å². The van der Waals surface area contributed by atoms with Crippen LogP contribution in [0.15, 0.2) is 52.0 Å². The molecular formula is C15H11BrClN3O2S. The summed E-state index contributed by atoms with van der Waals surface area (Å²) in [7, 11) is 0. The number of rotatable bonds is 4. The monoisotopic (exact) mass is 411 g/mol. The highest BCUT2D eigenvalue weighted by Crippen LogP contribution is 2.24. The fraction of sp³-hybridized carbons (Fsp3) is 0. The normalized spacial score (nSPS) is 10.5. The number of nitrogens with two attached hydrogens (primary N) is 1. The summed E-state index contributed by atoms with van der Waals surface area (Å²) in [6, 6.07) is 11.8. The van der Waals surface area contributed by atoms with Gasteiger partial charge in [0.2, 0.25) is 0 Å². The Balaban J connectivity index is 2.25. The molecule has 3 N–H and O–H groups in total. The van der Waals surface area contributed by atoms with E-state index in [0.29, 0.717) is 16.3 Å². The summed E-state index contributed by atoms with van der Waals surface area (Å²) < 4.78 is 6.20. The number of hydrogen-bond acceptors (Lipinski definition) is 4. The molecule has 0 fully saturated rings. The molecule has 23 heavy (non-hydrogen) atoms. The minimum atomic E-state index is -0.560. The van der Waals surface area contributed by atoms with Gasteiger partial charge < -0.3 is 10.5 Å². The Morgan fingerprint density at radius 3 is 2.78 bits per heavy atom. The minimum absolute atomic E-state index is 0.0332. The lowest BCUT2D eigenvalue weighted by Crippen LogP contribution is -2.24. The van der Waals surface area contributed by atoms with Crippen LogP contribution >= 0.6 is 39.7 Å². The lowest BCUT2D eigenvalue weighted by molar-refractivity contribution is 0.0734. The topological polar surface area (TPSA) is 76.7 Å². The van der Waals surface area contributed by atoms with Gasteiger partial charge in [0.1, 0.15) is 5.75 Å². The van der Waals surface area contributed by atoms with E-state index in [1.807, 2.05) is 0 Å². The Bertz CT molecular complexity index is 783. The number of halogens is 2. The van der Waals surface area contributed by atoms with Crippen molar-refractivity contribution >= 4 is 57.0 Å². The average Bonchev–Trinajstić information content (AvgIpc) is 2.50. The van der Waals surface area contributed by atoms with Crippen molar-refractivity contribution in [2.75, 3.05) is 0 Å². The Morgan fingerprint density at radius 2 is 2.09 bits per heavy atom. The number of hydrazone groups is 1. The van der Waals surface area contributed by atoms with Crippen molar-refractivity contribution in [2.45, 2.75) is 0 Å². The maximum absolute atomic E-state index is 12.2. The molecule has 0 aliphatic heterocycles. The Hall–Kier alpha value is -1.96. The van der Waals surface area contributed by atoms with E-state index < -0.39 is 5.97 Å². The first-order valence-corrected chi connectivity index (χ1v) is 7.90. The SMILES string of the molecule is NC(=S)N/N=C\c1cc(Br)ccc1OC(=O)c1ccccc1Cl. The second-order valence-electron chi connectivity index (χ2n) is 4.29. The van der Waals surface area contributed by atoms with Gasteiger partial charge in [-0.05, 0) is 42.5 Å². The molecule has 0 bridgehead atoms. The average molecular weight is 413 g/mol. The van der Waals surface area contributed by atoms with E-state index in [1.165, 1.54) is 6.21 Å². The standard InChI is InChI=1S/C15H11BrClN3O2S/c16-10-5-6-13(9(7-10)8-19-20-15(18)23)22-14(21)11-3-1-2-4-12(11)17/h1-8H,(H3,18,20,23)/b19-8-. The predicted octanol–water partition coefficient (Wildman–Crippen LogP) is 3.49. The molecule has 0 aliphatic rings. The van der Waals surface area contributed by atoms with E-state index in [4.69, 9.17) is 22.1 Å². The zero-order valence-electron chi connectivity index (χ0n) is 11.6. The summed E-state index contributed by atoms with van der Waals surface area (Å²) in [6.45, 7) is 0. The maximum atomic E-state index is 12.2. The third-order valence-corrected chi connectivity index (χ3v) is 3.56. The van der Waals surface area contributed by atoms with E-state index >= 15 is 0 Å². The van der Waals surface area contributed by atoms with E-state index in [-0.39, 0.29) is 10.7 Å². The lowest BCUT2D eigenvalue weighted by Gasteiger charge is -2.09. The molecule has 0 saturated heterocycles. The zero-order chi connectivity index (χ0) is 16.8. The molecule has 118 valence electrons. The molecule has 2 aromatic carbocycles. The molecule has 0 heterocycles. The van der Waals surface area contributed by atoms with Gasteiger partial charge in [0.25, 0.3) is 0 Å². The van der Waals surface area contributed by atoms with Gasteiger partial charge in [-0.3, -0.25) is 5.43 Å². The lowest BCUT2D eigenvalue weighted by atomic mass is 10.2. The molecule has 0 saturated carbocycles. The van der Waals surface area contributed by atoms with Crippen molar-refractivity contribution in [3.8, 4) is 5.75 Å². The zero-order valence-corrected chi connectivity index (χ0v) is 14.8. The van der Waals surface area contributed by atoms with Crippen molar-refractivity contribution in [2.24, 2.45) is 10.8 Å². The first-order valence-electron chi connectivity index (χ1n) is 6.32. The van der Waals surface area contributed by atoms with E-state index in [2.05, 4.69) is 38.7 Å². The molecule has 0 aromatic heterocycles. The van der Waals surface area contributed by atoms with Crippen LogP contribution in [0.25, 0.3) is 0 Å². The fourth-order valence-electron chi connectivity index (χ4n) is 1.66. The third-order valence-electron chi connectivity index (χ3n) is 2.65. The summed E-state index contributed by atoms with van der Waals surface area (Å²) >= 11 is 14.0. The molecule has 0 amide bonds. The van der Waals surface area contributed by atoms with Crippen LogP contribution in [0.5, 0.6) is 5.75 Å². The summed E-state index contributed by atoms with van der Waals surface area (Å²) in [5, 5.41) is 4.21. The van der Waals surface area contributed by atoms with Crippen LogP contribution in [-0.4, -0.2) is 17.3 Å². The second kappa shape index (κ2) is 8.05.